The molecule has 22 heavy (non-hydrogen) atoms. The van der Waals surface area contributed by atoms with Crippen LogP contribution in [0.5, 0.6) is 0 Å². The summed E-state index contributed by atoms with van der Waals surface area (Å²) in [4.78, 5) is 9.60. The number of nitrogens with zero attached hydrogens (tertiary/aromatic N) is 3. The largest absolute Gasteiger partial charge is 0.303 e. The van der Waals surface area contributed by atoms with Gasteiger partial charge in [-0.3, -0.25) is 9.88 Å². The van der Waals surface area contributed by atoms with E-state index < -0.39 is 0 Å². The Labute approximate surface area is 134 Å². The van der Waals surface area contributed by atoms with Gasteiger partial charge in [-0.15, -0.1) is 0 Å². The maximum absolute atomic E-state index is 4.26. The molecule has 0 spiro atoms. The molecule has 3 aliphatic rings. The van der Waals surface area contributed by atoms with Gasteiger partial charge in [0.25, 0.3) is 0 Å². The van der Waals surface area contributed by atoms with E-state index in [4.69, 9.17) is 0 Å². The van der Waals surface area contributed by atoms with Gasteiger partial charge >= 0.3 is 0 Å². The molecule has 3 atom stereocenters. The van der Waals surface area contributed by atoms with Gasteiger partial charge in [-0.25, -0.2) is 0 Å². The lowest BCUT2D eigenvalue weighted by Crippen LogP contribution is -2.36. The second kappa shape index (κ2) is 6.29. The molecule has 0 amide bonds. The number of hydrogen-bond acceptors (Lipinski definition) is 3. The first kappa shape index (κ1) is 14.6. The highest BCUT2D eigenvalue weighted by Gasteiger charge is 2.41. The van der Waals surface area contributed by atoms with Crippen molar-refractivity contribution in [3.8, 4) is 0 Å². The van der Waals surface area contributed by atoms with E-state index in [0.29, 0.717) is 0 Å². The Morgan fingerprint density at radius 1 is 1.23 bits per heavy atom. The van der Waals surface area contributed by atoms with E-state index in [1.165, 1.54) is 57.3 Å². The Morgan fingerprint density at radius 3 is 2.91 bits per heavy atom. The number of rotatable bonds is 5. The van der Waals surface area contributed by atoms with E-state index in [1.54, 1.807) is 0 Å². The number of likely N-dealkylation sites (tertiary alicyclic amines) is 1. The highest BCUT2D eigenvalue weighted by molar-refractivity contribution is 5.09. The molecule has 2 aliphatic carbocycles. The molecule has 1 aromatic rings. The molecule has 0 aromatic carbocycles. The minimum atomic E-state index is 0.910. The van der Waals surface area contributed by atoms with Crippen LogP contribution in [-0.4, -0.2) is 47.5 Å². The second-order valence-corrected chi connectivity index (χ2v) is 7.84. The molecule has 2 heterocycles. The first-order chi connectivity index (χ1) is 10.8. The van der Waals surface area contributed by atoms with E-state index in [-0.39, 0.29) is 0 Å². The number of aromatic nitrogens is 1. The van der Waals surface area contributed by atoms with Crippen LogP contribution in [0.1, 0.15) is 37.7 Å². The Bertz CT molecular complexity index is 485. The first-order valence-corrected chi connectivity index (χ1v) is 9.11. The zero-order valence-corrected chi connectivity index (χ0v) is 13.8. The molecule has 0 N–H and O–H groups in total. The van der Waals surface area contributed by atoms with E-state index >= 15 is 0 Å². The molecule has 1 aromatic heterocycles. The van der Waals surface area contributed by atoms with Crippen LogP contribution in [0.4, 0.5) is 0 Å². The average Bonchev–Trinajstić information content (AvgIpc) is 3.30. The summed E-state index contributed by atoms with van der Waals surface area (Å²) in [5, 5.41) is 0. The van der Waals surface area contributed by atoms with Crippen LogP contribution in [0, 0.1) is 17.8 Å². The lowest BCUT2D eigenvalue weighted by atomic mass is 9.73. The van der Waals surface area contributed by atoms with Crippen molar-refractivity contribution >= 4 is 0 Å². The lowest BCUT2D eigenvalue weighted by Gasteiger charge is -2.35. The van der Waals surface area contributed by atoms with Crippen molar-refractivity contribution in [2.75, 3.05) is 26.7 Å². The quantitative estimate of drug-likeness (QED) is 0.833. The zero-order valence-electron chi connectivity index (χ0n) is 13.8. The topological polar surface area (TPSA) is 19.4 Å². The Balaban J connectivity index is 1.37. The molecule has 3 nitrogen and oxygen atoms in total. The monoisotopic (exact) mass is 299 g/mol. The fourth-order valence-electron chi connectivity index (χ4n) is 4.82. The predicted molar refractivity (Wildman–Crippen MR) is 89.5 cm³/mol. The molecule has 0 unspecified atom stereocenters. The fraction of sp³-hybridized carbons (Fsp3) is 0.737. The van der Waals surface area contributed by atoms with Gasteiger partial charge in [0.05, 0.1) is 0 Å². The van der Waals surface area contributed by atoms with Crippen molar-refractivity contribution < 1.29 is 0 Å². The molecule has 3 fully saturated rings. The Hall–Kier alpha value is -0.930. The summed E-state index contributed by atoms with van der Waals surface area (Å²) in [6.07, 6.45) is 11.1. The van der Waals surface area contributed by atoms with E-state index in [2.05, 4.69) is 34.0 Å². The molecule has 4 rings (SSSR count). The molecule has 1 saturated heterocycles. The summed E-state index contributed by atoms with van der Waals surface area (Å²) in [6, 6.07) is 5.19. The second-order valence-electron chi connectivity index (χ2n) is 7.84. The third-order valence-electron chi connectivity index (χ3n) is 6.14. The molecule has 1 aliphatic heterocycles. The van der Waals surface area contributed by atoms with Crippen LogP contribution in [-0.2, 0) is 6.54 Å². The molecular weight excluding hydrogens is 270 g/mol. The van der Waals surface area contributed by atoms with E-state index in [1.807, 2.05) is 12.4 Å². The van der Waals surface area contributed by atoms with Gasteiger partial charge in [0, 0.05) is 44.6 Å². The van der Waals surface area contributed by atoms with Gasteiger partial charge in [0.1, 0.15) is 0 Å². The van der Waals surface area contributed by atoms with Crippen molar-refractivity contribution in [1.29, 1.82) is 0 Å². The van der Waals surface area contributed by atoms with E-state index in [9.17, 15) is 0 Å². The van der Waals surface area contributed by atoms with Gasteiger partial charge in [-0.2, -0.15) is 0 Å². The van der Waals surface area contributed by atoms with Gasteiger partial charge < -0.3 is 4.90 Å². The Kier molecular flexibility index (Phi) is 4.19. The Morgan fingerprint density at radius 2 is 2.14 bits per heavy atom. The minimum Gasteiger partial charge on any atom is -0.303 e. The third-order valence-corrected chi connectivity index (χ3v) is 6.14. The SMILES string of the molecule is CN(C[C@@H]1CCC[C@@H]2CN(Cc3cccnc3)C[C@@H]21)C1CC1. The average molecular weight is 299 g/mol. The van der Waals surface area contributed by atoms with Crippen LogP contribution in [0.15, 0.2) is 24.5 Å². The molecule has 0 radical (unpaired) electrons. The van der Waals surface area contributed by atoms with Crippen molar-refractivity contribution in [3.05, 3.63) is 30.1 Å². The van der Waals surface area contributed by atoms with Crippen LogP contribution in [0.25, 0.3) is 0 Å². The maximum Gasteiger partial charge on any atom is 0.0312 e. The fourth-order valence-corrected chi connectivity index (χ4v) is 4.82. The highest BCUT2D eigenvalue weighted by atomic mass is 15.2. The number of fused-ring (bicyclic) bond motifs is 1. The molecule has 2 saturated carbocycles. The zero-order chi connectivity index (χ0) is 14.9. The van der Waals surface area contributed by atoms with Gasteiger partial charge in [-0.05, 0) is 62.1 Å². The summed E-state index contributed by atoms with van der Waals surface area (Å²) in [7, 11) is 2.35. The number of pyridine rings is 1. The summed E-state index contributed by atoms with van der Waals surface area (Å²) in [6.45, 7) is 5.05. The standard InChI is InChI=1S/C19H29N3/c1-21(18-7-8-18)12-16-5-2-6-17-13-22(14-19(16)17)11-15-4-3-9-20-10-15/h3-4,9-10,16-19H,2,5-8,11-14H2,1H3/t16-,17+,19+/m0/s1. The lowest BCUT2D eigenvalue weighted by molar-refractivity contribution is 0.143. The summed E-state index contributed by atoms with van der Waals surface area (Å²) >= 11 is 0. The van der Waals surface area contributed by atoms with Gasteiger partial charge in [0.2, 0.25) is 0 Å². The van der Waals surface area contributed by atoms with E-state index in [0.717, 1.165) is 30.3 Å². The van der Waals surface area contributed by atoms with Crippen molar-refractivity contribution in [2.24, 2.45) is 17.8 Å². The van der Waals surface area contributed by atoms with Crippen LogP contribution < -0.4 is 0 Å². The van der Waals surface area contributed by atoms with Gasteiger partial charge in [-0.1, -0.05) is 12.5 Å². The first-order valence-electron chi connectivity index (χ1n) is 9.11. The molecule has 3 heteroatoms. The van der Waals surface area contributed by atoms with Gasteiger partial charge in [0.15, 0.2) is 0 Å². The van der Waals surface area contributed by atoms with Crippen molar-refractivity contribution in [2.45, 2.75) is 44.7 Å². The minimum absolute atomic E-state index is 0.910. The molecular formula is C19H29N3. The highest BCUT2D eigenvalue weighted by Crippen LogP contribution is 2.41. The van der Waals surface area contributed by atoms with Crippen molar-refractivity contribution in [3.63, 3.8) is 0 Å². The predicted octanol–water partition coefficient (Wildman–Crippen LogP) is 3.02. The van der Waals surface area contributed by atoms with Crippen molar-refractivity contribution in [1.82, 2.24) is 14.8 Å². The normalized spacial score (nSPS) is 32.4. The molecule has 120 valence electrons. The summed E-state index contributed by atoms with van der Waals surface area (Å²) in [5.74, 6) is 2.82. The maximum atomic E-state index is 4.26. The third kappa shape index (κ3) is 3.21. The summed E-state index contributed by atoms with van der Waals surface area (Å²) < 4.78 is 0. The smallest absolute Gasteiger partial charge is 0.0312 e. The summed E-state index contributed by atoms with van der Waals surface area (Å²) in [5.41, 5.74) is 1.37. The number of hydrogen-bond donors (Lipinski definition) is 0. The van der Waals surface area contributed by atoms with Crippen LogP contribution in [0.2, 0.25) is 0 Å². The van der Waals surface area contributed by atoms with Crippen LogP contribution in [0.3, 0.4) is 0 Å². The van der Waals surface area contributed by atoms with Crippen LogP contribution >= 0.6 is 0 Å². The molecule has 0 bridgehead atoms.